The van der Waals surface area contributed by atoms with Gasteiger partial charge in [0.1, 0.15) is 33.8 Å². The van der Waals surface area contributed by atoms with Gasteiger partial charge in [-0.3, -0.25) is 9.20 Å². The van der Waals surface area contributed by atoms with Gasteiger partial charge in [0, 0.05) is 6.20 Å². The lowest BCUT2D eigenvalue weighted by atomic mass is 10.2. The van der Waals surface area contributed by atoms with Gasteiger partial charge in [-0.1, -0.05) is 18.2 Å². The molecule has 0 atom stereocenters. The van der Waals surface area contributed by atoms with Crippen molar-refractivity contribution in [3.05, 3.63) is 93.9 Å². The van der Waals surface area contributed by atoms with Crippen LogP contribution in [-0.2, 0) is 0 Å². The Morgan fingerprint density at radius 3 is 2.55 bits per heavy atom. The summed E-state index contributed by atoms with van der Waals surface area (Å²) in [4.78, 5) is 22.4. The summed E-state index contributed by atoms with van der Waals surface area (Å²) in [7, 11) is 1.58. The zero-order valence-corrected chi connectivity index (χ0v) is 18.2. The van der Waals surface area contributed by atoms with Crippen molar-refractivity contribution in [2.24, 2.45) is 0 Å². The molecule has 0 unspecified atom stereocenters. The molecule has 160 valence electrons. The fraction of sp³-hybridized carbons (Fsp3) is 0.0400. The van der Waals surface area contributed by atoms with Gasteiger partial charge in [-0.2, -0.15) is 10.2 Å². The molecule has 0 bridgehead atoms. The van der Waals surface area contributed by atoms with Gasteiger partial charge in [-0.15, -0.1) is 11.3 Å². The number of nitrogens with zero attached hydrogens (tertiary/aromatic N) is 4. The van der Waals surface area contributed by atoms with E-state index in [9.17, 15) is 10.1 Å². The van der Waals surface area contributed by atoms with E-state index in [1.807, 2.05) is 24.3 Å². The molecule has 2 aromatic carbocycles. The van der Waals surface area contributed by atoms with Crippen molar-refractivity contribution in [3.8, 4) is 23.4 Å². The summed E-state index contributed by atoms with van der Waals surface area (Å²) in [5.41, 5.74) is 1.29. The van der Waals surface area contributed by atoms with E-state index in [-0.39, 0.29) is 22.6 Å². The number of para-hydroxylation sites is 1. The maximum absolute atomic E-state index is 13.3. The summed E-state index contributed by atoms with van der Waals surface area (Å²) in [6.07, 6.45) is 3.12. The predicted octanol–water partition coefficient (Wildman–Crippen LogP) is 5.17. The first-order valence-electron chi connectivity index (χ1n) is 9.97. The molecule has 0 saturated carbocycles. The largest absolute Gasteiger partial charge is 0.497 e. The van der Waals surface area contributed by atoms with Crippen LogP contribution in [0.15, 0.2) is 77.7 Å². The van der Waals surface area contributed by atoms with Gasteiger partial charge in [-0.05, 0) is 54.6 Å². The molecule has 5 aromatic rings. The van der Waals surface area contributed by atoms with Gasteiger partial charge in [0.05, 0.1) is 22.9 Å². The van der Waals surface area contributed by atoms with Crippen LogP contribution in [0.4, 0.5) is 0 Å². The summed E-state index contributed by atoms with van der Waals surface area (Å²) in [6, 6.07) is 22.0. The quantitative estimate of drug-likeness (QED) is 0.342. The molecule has 0 aliphatic heterocycles. The van der Waals surface area contributed by atoms with Gasteiger partial charge in [0.15, 0.2) is 0 Å². The number of methoxy groups -OCH3 is 1. The Hall–Kier alpha value is -4.48. The Morgan fingerprint density at radius 1 is 1.03 bits per heavy atom. The Morgan fingerprint density at radius 2 is 1.79 bits per heavy atom. The number of hydrogen-bond donors (Lipinski definition) is 0. The number of aromatic nitrogens is 3. The van der Waals surface area contributed by atoms with E-state index in [4.69, 9.17) is 9.47 Å². The van der Waals surface area contributed by atoms with Crippen molar-refractivity contribution in [2.45, 2.75) is 0 Å². The zero-order chi connectivity index (χ0) is 22.8. The first-order valence-corrected chi connectivity index (χ1v) is 10.8. The third-order valence-electron chi connectivity index (χ3n) is 4.94. The highest BCUT2D eigenvalue weighted by molar-refractivity contribution is 7.19. The standard InChI is InChI=1S/C25H16N4O3S/c1-31-17-9-11-18(12-10-17)32-23-19(25(30)29-13-5-4-8-22(29)28-23)14-16(15-26)24-27-20-6-2-3-7-21(20)33-24/h2-14H,1H3/b16-14+. The van der Waals surface area contributed by atoms with Crippen LogP contribution in [0.1, 0.15) is 10.6 Å². The van der Waals surface area contributed by atoms with E-state index in [1.54, 1.807) is 55.8 Å². The highest BCUT2D eigenvalue weighted by atomic mass is 32.1. The third-order valence-corrected chi connectivity index (χ3v) is 6.01. The maximum Gasteiger partial charge on any atom is 0.269 e. The molecule has 3 aromatic heterocycles. The number of hydrogen-bond acceptors (Lipinski definition) is 7. The Kier molecular flexibility index (Phi) is 5.30. The Balaban J connectivity index is 1.67. The lowest BCUT2D eigenvalue weighted by molar-refractivity contribution is 0.412. The number of pyridine rings is 1. The molecule has 0 aliphatic rings. The molecule has 0 spiro atoms. The summed E-state index contributed by atoms with van der Waals surface area (Å²) in [5, 5.41) is 10.4. The number of nitriles is 1. The van der Waals surface area contributed by atoms with Crippen molar-refractivity contribution in [1.29, 1.82) is 5.26 Å². The average Bonchev–Trinajstić information content (AvgIpc) is 3.28. The van der Waals surface area contributed by atoms with E-state index in [2.05, 4.69) is 16.0 Å². The maximum atomic E-state index is 13.3. The summed E-state index contributed by atoms with van der Waals surface area (Å²) in [6.45, 7) is 0. The molecule has 0 N–H and O–H groups in total. The van der Waals surface area contributed by atoms with Gasteiger partial charge < -0.3 is 9.47 Å². The van der Waals surface area contributed by atoms with Crippen LogP contribution in [0.3, 0.4) is 0 Å². The second kappa shape index (κ2) is 8.57. The second-order valence-corrected chi connectivity index (χ2v) is 8.03. The summed E-state index contributed by atoms with van der Waals surface area (Å²) >= 11 is 1.39. The second-order valence-electron chi connectivity index (χ2n) is 7.00. The normalized spacial score (nSPS) is 11.5. The lowest BCUT2D eigenvalue weighted by Crippen LogP contribution is -2.18. The van der Waals surface area contributed by atoms with Gasteiger partial charge >= 0.3 is 0 Å². The van der Waals surface area contributed by atoms with Crippen molar-refractivity contribution in [3.63, 3.8) is 0 Å². The minimum absolute atomic E-state index is 0.102. The Labute approximate surface area is 192 Å². The van der Waals surface area contributed by atoms with Gasteiger partial charge in [0.2, 0.25) is 5.88 Å². The smallest absolute Gasteiger partial charge is 0.269 e. The molecule has 3 heterocycles. The van der Waals surface area contributed by atoms with Crippen LogP contribution in [0, 0.1) is 11.3 Å². The summed E-state index contributed by atoms with van der Waals surface area (Å²) < 4.78 is 13.5. The summed E-state index contributed by atoms with van der Waals surface area (Å²) in [5.74, 6) is 1.26. The zero-order valence-electron chi connectivity index (χ0n) is 17.4. The van der Waals surface area contributed by atoms with Crippen LogP contribution in [0.25, 0.3) is 27.5 Å². The van der Waals surface area contributed by atoms with Crippen molar-refractivity contribution in [1.82, 2.24) is 14.4 Å². The van der Waals surface area contributed by atoms with Gasteiger partial charge in [-0.25, -0.2) is 4.98 Å². The first-order chi connectivity index (χ1) is 16.2. The molecule has 33 heavy (non-hydrogen) atoms. The number of thiazole rings is 1. The molecule has 0 aliphatic carbocycles. The lowest BCUT2D eigenvalue weighted by Gasteiger charge is -2.10. The molecule has 0 saturated heterocycles. The van der Waals surface area contributed by atoms with E-state index < -0.39 is 0 Å². The molecule has 7 nitrogen and oxygen atoms in total. The number of fused-ring (bicyclic) bond motifs is 2. The third kappa shape index (κ3) is 3.93. The number of allylic oxidation sites excluding steroid dienone is 1. The van der Waals surface area contributed by atoms with Crippen LogP contribution in [0.5, 0.6) is 17.4 Å². The van der Waals surface area contributed by atoms with Crippen molar-refractivity contribution >= 4 is 38.8 Å². The minimum atomic E-state index is -0.349. The predicted molar refractivity (Wildman–Crippen MR) is 128 cm³/mol. The molecule has 0 fully saturated rings. The highest BCUT2D eigenvalue weighted by Gasteiger charge is 2.17. The molecule has 5 rings (SSSR count). The molecule has 8 heteroatoms. The fourth-order valence-electron chi connectivity index (χ4n) is 3.31. The molecule has 0 radical (unpaired) electrons. The van der Waals surface area contributed by atoms with Crippen molar-refractivity contribution in [2.75, 3.05) is 7.11 Å². The number of benzene rings is 2. The molecular weight excluding hydrogens is 436 g/mol. The Bertz CT molecular complexity index is 1580. The van der Waals surface area contributed by atoms with Crippen LogP contribution in [0.2, 0.25) is 0 Å². The van der Waals surface area contributed by atoms with Crippen LogP contribution < -0.4 is 15.0 Å². The average molecular weight is 452 g/mol. The number of rotatable bonds is 5. The highest BCUT2D eigenvalue weighted by Crippen LogP contribution is 2.30. The SMILES string of the molecule is COc1ccc(Oc2nc3ccccn3c(=O)c2/C=C(\C#N)c2nc3ccccc3s2)cc1. The number of ether oxygens (including phenoxy) is 2. The topological polar surface area (TPSA) is 89.5 Å². The van der Waals surface area contributed by atoms with Gasteiger partial charge in [0.25, 0.3) is 5.56 Å². The molecular formula is C25H16N4O3S. The van der Waals surface area contributed by atoms with Crippen LogP contribution in [-0.4, -0.2) is 21.5 Å². The monoisotopic (exact) mass is 452 g/mol. The van der Waals surface area contributed by atoms with Crippen molar-refractivity contribution < 1.29 is 9.47 Å². The van der Waals surface area contributed by atoms with E-state index in [0.29, 0.717) is 22.2 Å². The molecule has 0 amide bonds. The van der Waals surface area contributed by atoms with E-state index >= 15 is 0 Å². The van der Waals surface area contributed by atoms with E-state index in [0.717, 1.165) is 10.2 Å². The van der Waals surface area contributed by atoms with Crippen LogP contribution >= 0.6 is 11.3 Å². The first kappa shape index (κ1) is 20.4. The van der Waals surface area contributed by atoms with E-state index in [1.165, 1.54) is 21.8 Å². The minimum Gasteiger partial charge on any atom is -0.497 e. The fourth-order valence-corrected chi connectivity index (χ4v) is 4.24.